The third kappa shape index (κ3) is 24.6. The van der Waals surface area contributed by atoms with Crippen LogP contribution in [0.15, 0.2) is 36.5 Å². The third-order valence-electron chi connectivity index (χ3n) is 9.24. The van der Waals surface area contributed by atoms with Crippen molar-refractivity contribution in [1.29, 1.82) is 0 Å². The Labute approximate surface area is 319 Å². The predicted molar refractivity (Wildman–Crippen MR) is 207 cm³/mol. The van der Waals surface area contributed by atoms with Gasteiger partial charge in [0.2, 0.25) is 0 Å². The highest BCUT2D eigenvalue weighted by Crippen LogP contribution is 2.47. The molecular weight excluding hydrogens is 703 g/mol. The third-order valence-corrected chi connectivity index (χ3v) is 10.2. The quantitative estimate of drug-likeness (QED) is 0.0171. The van der Waals surface area contributed by atoms with Crippen LogP contribution in [0, 0.1) is 0 Å². The molecule has 1 rings (SSSR count). The van der Waals surface area contributed by atoms with Crippen molar-refractivity contribution in [2.75, 3.05) is 19.8 Å². The average Bonchev–Trinajstić information content (AvgIpc) is 3.14. The Balaban J connectivity index is 2.48. The number of phosphoric acid groups is 1. The number of unbranched alkanes of at least 4 members (excludes halogenated alkanes) is 15. The van der Waals surface area contributed by atoms with Crippen LogP contribution in [-0.2, 0) is 27.9 Å². The summed E-state index contributed by atoms with van der Waals surface area (Å²) in [6, 6.07) is 0. The molecule has 0 aromatic rings. The minimum absolute atomic E-state index is 0.0869. The fraction of sp³-hybridized carbons (Fsp3) is 0.825. The van der Waals surface area contributed by atoms with Gasteiger partial charge in [-0.15, -0.1) is 0 Å². The normalized spacial score (nSPS) is 24.0. The molecule has 12 nitrogen and oxygen atoms in total. The maximum absolute atomic E-state index is 12.8. The second-order valence-corrected chi connectivity index (χ2v) is 15.5. The standard InChI is InChI=1S/C40H73O12P/c1-3-5-7-9-11-13-15-17-18-19-21-23-25-27-29-34(41)51-33(31-49-30-28-26-24-22-20-16-14-12-10-8-6-4-2)32-50-53(47,48)52-40-38(45)36(43)35(42)37(44)39(40)46/h9-12,15,17,33,35-40,42-46H,3-8,13-14,16,18-32H2,1-2H3,(H,47,48)/b11-9-,12-10-,17-15-. The SMILES string of the molecule is CCCC/C=C\C/C=C\CCCCCCCC(=O)OC(COCCCCCCCC/C=C\CCCC)COP(=O)(O)OC1C(O)C(O)C(O)C(O)C1O. The monoisotopic (exact) mass is 776 g/mol. The highest BCUT2D eigenvalue weighted by molar-refractivity contribution is 7.47. The number of rotatable bonds is 33. The van der Waals surface area contributed by atoms with E-state index in [2.05, 4.69) is 50.3 Å². The van der Waals surface area contributed by atoms with Crippen LogP contribution >= 0.6 is 7.82 Å². The van der Waals surface area contributed by atoms with Crippen LogP contribution in [0.5, 0.6) is 0 Å². The summed E-state index contributed by atoms with van der Waals surface area (Å²) in [5.41, 5.74) is 0. The molecule has 0 amide bonds. The van der Waals surface area contributed by atoms with Crippen molar-refractivity contribution in [2.45, 2.75) is 191 Å². The van der Waals surface area contributed by atoms with Crippen LogP contribution in [0.4, 0.5) is 0 Å². The van der Waals surface area contributed by atoms with Gasteiger partial charge in [0.1, 0.15) is 42.7 Å². The zero-order valence-corrected chi connectivity index (χ0v) is 33.5. The van der Waals surface area contributed by atoms with Gasteiger partial charge in [0, 0.05) is 13.0 Å². The lowest BCUT2D eigenvalue weighted by Crippen LogP contribution is -2.64. The number of hydrogen-bond acceptors (Lipinski definition) is 11. The number of carbonyl (C=O) groups is 1. The summed E-state index contributed by atoms with van der Waals surface area (Å²) in [4.78, 5) is 23.0. The number of carbonyl (C=O) groups excluding carboxylic acids is 1. The Hall–Kier alpha value is -1.44. The molecule has 0 aliphatic heterocycles. The van der Waals surface area contributed by atoms with Crippen molar-refractivity contribution in [3.63, 3.8) is 0 Å². The van der Waals surface area contributed by atoms with Crippen molar-refractivity contribution >= 4 is 13.8 Å². The molecule has 6 atom stereocenters. The van der Waals surface area contributed by atoms with Gasteiger partial charge < -0.3 is 39.9 Å². The fourth-order valence-electron chi connectivity index (χ4n) is 5.88. The molecule has 310 valence electrons. The van der Waals surface area contributed by atoms with Crippen LogP contribution in [0.2, 0.25) is 0 Å². The number of allylic oxidation sites excluding steroid dienone is 6. The van der Waals surface area contributed by atoms with Crippen molar-refractivity contribution in [3.8, 4) is 0 Å². The lowest BCUT2D eigenvalue weighted by atomic mass is 9.85. The first-order chi connectivity index (χ1) is 25.5. The number of aliphatic hydroxyl groups is 5. The van der Waals surface area contributed by atoms with Gasteiger partial charge in [-0.25, -0.2) is 4.57 Å². The minimum Gasteiger partial charge on any atom is -0.457 e. The molecule has 0 heterocycles. The first-order valence-electron chi connectivity index (χ1n) is 20.3. The van der Waals surface area contributed by atoms with Gasteiger partial charge in [0.05, 0.1) is 13.2 Å². The van der Waals surface area contributed by atoms with Gasteiger partial charge in [0.15, 0.2) is 0 Å². The summed E-state index contributed by atoms with van der Waals surface area (Å²) in [5.74, 6) is -0.496. The summed E-state index contributed by atoms with van der Waals surface area (Å²) in [6.07, 6.45) is 22.2. The zero-order valence-electron chi connectivity index (χ0n) is 32.6. The number of aliphatic hydroxyl groups excluding tert-OH is 5. The van der Waals surface area contributed by atoms with Crippen LogP contribution < -0.4 is 0 Å². The molecule has 1 aliphatic carbocycles. The van der Waals surface area contributed by atoms with E-state index in [1.54, 1.807) is 0 Å². The van der Waals surface area contributed by atoms with Gasteiger partial charge in [-0.1, -0.05) is 121 Å². The van der Waals surface area contributed by atoms with Crippen molar-refractivity contribution in [2.24, 2.45) is 0 Å². The molecule has 0 aromatic heterocycles. The van der Waals surface area contributed by atoms with Crippen molar-refractivity contribution in [3.05, 3.63) is 36.5 Å². The smallest absolute Gasteiger partial charge is 0.457 e. The first kappa shape index (κ1) is 49.6. The molecule has 1 aliphatic rings. The van der Waals surface area contributed by atoms with Gasteiger partial charge in [-0.3, -0.25) is 13.8 Å². The van der Waals surface area contributed by atoms with Gasteiger partial charge in [-0.05, 0) is 57.8 Å². The predicted octanol–water partition coefficient (Wildman–Crippen LogP) is 7.14. The van der Waals surface area contributed by atoms with E-state index in [-0.39, 0.29) is 13.0 Å². The molecule has 0 aromatic carbocycles. The van der Waals surface area contributed by atoms with Crippen LogP contribution in [0.3, 0.4) is 0 Å². The molecule has 0 radical (unpaired) electrons. The Bertz CT molecular complexity index is 1020. The summed E-state index contributed by atoms with van der Waals surface area (Å²) in [6.45, 7) is 4.13. The van der Waals surface area contributed by atoms with E-state index in [0.717, 1.165) is 83.5 Å². The summed E-state index contributed by atoms with van der Waals surface area (Å²) >= 11 is 0. The van der Waals surface area contributed by atoms with Crippen molar-refractivity contribution in [1.82, 2.24) is 0 Å². The molecule has 1 fully saturated rings. The molecule has 0 bridgehead atoms. The molecule has 1 saturated carbocycles. The maximum atomic E-state index is 12.8. The Morgan fingerprint density at radius 1 is 0.604 bits per heavy atom. The Morgan fingerprint density at radius 3 is 1.60 bits per heavy atom. The van der Waals surface area contributed by atoms with Gasteiger partial charge in [-0.2, -0.15) is 0 Å². The largest absolute Gasteiger partial charge is 0.472 e. The second kappa shape index (κ2) is 31.7. The summed E-state index contributed by atoms with van der Waals surface area (Å²) in [5, 5.41) is 50.0. The lowest BCUT2D eigenvalue weighted by Gasteiger charge is -2.41. The van der Waals surface area contributed by atoms with E-state index < -0.39 is 63.1 Å². The topological polar surface area (TPSA) is 192 Å². The number of ether oxygens (including phenoxy) is 2. The van der Waals surface area contributed by atoms with E-state index in [9.17, 15) is 39.8 Å². The summed E-state index contributed by atoms with van der Waals surface area (Å²) in [7, 11) is -5.01. The van der Waals surface area contributed by atoms with E-state index in [1.165, 1.54) is 38.5 Å². The van der Waals surface area contributed by atoms with E-state index in [1.807, 2.05) is 0 Å². The molecule has 53 heavy (non-hydrogen) atoms. The molecule has 6 N–H and O–H groups in total. The lowest BCUT2D eigenvalue weighted by molar-refractivity contribution is -0.220. The zero-order chi connectivity index (χ0) is 39.2. The maximum Gasteiger partial charge on any atom is 0.472 e. The molecule has 0 spiro atoms. The van der Waals surface area contributed by atoms with Gasteiger partial charge >= 0.3 is 13.8 Å². The highest BCUT2D eigenvalue weighted by atomic mass is 31.2. The molecule has 6 unspecified atom stereocenters. The van der Waals surface area contributed by atoms with E-state index in [0.29, 0.717) is 13.0 Å². The molecule has 0 saturated heterocycles. The van der Waals surface area contributed by atoms with Crippen LogP contribution in [0.25, 0.3) is 0 Å². The summed E-state index contributed by atoms with van der Waals surface area (Å²) < 4.78 is 34.0. The Morgan fingerprint density at radius 2 is 1.06 bits per heavy atom. The molecule has 13 heteroatoms. The van der Waals surface area contributed by atoms with Crippen LogP contribution in [-0.4, -0.2) is 98.9 Å². The first-order valence-corrected chi connectivity index (χ1v) is 21.8. The molecular formula is C40H73O12P. The van der Waals surface area contributed by atoms with Crippen molar-refractivity contribution < 1.29 is 58.3 Å². The fourth-order valence-corrected chi connectivity index (χ4v) is 6.85. The second-order valence-electron chi connectivity index (χ2n) is 14.1. The average molecular weight is 777 g/mol. The number of hydrogen-bond donors (Lipinski definition) is 6. The van der Waals surface area contributed by atoms with Crippen LogP contribution in [0.1, 0.15) is 149 Å². The minimum atomic E-state index is -5.01. The number of phosphoric ester groups is 1. The Kier molecular flexibility index (Phi) is 29.7. The van der Waals surface area contributed by atoms with Gasteiger partial charge in [0.25, 0.3) is 0 Å². The van der Waals surface area contributed by atoms with E-state index >= 15 is 0 Å². The van der Waals surface area contributed by atoms with E-state index in [4.69, 9.17) is 18.5 Å². The number of esters is 1. The highest BCUT2D eigenvalue weighted by Gasteiger charge is 2.51.